The van der Waals surface area contributed by atoms with E-state index in [1.807, 2.05) is 42.5 Å². The molecule has 1 aromatic heterocycles. The van der Waals surface area contributed by atoms with Gasteiger partial charge in [0.05, 0.1) is 17.7 Å². The van der Waals surface area contributed by atoms with Crippen LogP contribution >= 0.6 is 15.9 Å². The van der Waals surface area contributed by atoms with Crippen molar-refractivity contribution in [1.29, 1.82) is 0 Å². The summed E-state index contributed by atoms with van der Waals surface area (Å²) in [7, 11) is 0. The van der Waals surface area contributed by atoms with Crippen LogP contribution < -0.4 is 10.2 Å². The number of furan rings is 1. The molecule has 0 spiro atoms. The molecule has 4 rings (SSSR count). The number of carbonyl (C=O) groups is 1. The van der Waals surface area contributed by atoms with Gasteiger partial charge in [-0.2, -0.15) is 0 Å². The van der Waals surface area contributed by atoms with E-state index >= 15 is 0 Å². The zero-order valence-electron chi connectivity index (χ0n) is 13.5. The monoisotopic (exact) mass is 400 g/mol. The number of anilines is 2. The Kier molecular flexibility index (Phi) is 4.46. The molecule has 0 unspecified atom stereocenters. The lowest BCUT2D eigenvalue weighted by atomic mass is 10.2. The quantitative estimate of drug-likeness (QED) is 0.712. The summed E-state index contributed by atoms with van der Waals surface area (Å²) in [6.07, 6.45) is 0. The SMILES string of the molecule is O=C(Nc1ccc(N2CCOCC2)cc1)c1cc2cccc(Br)c2o1. The first-order chi connectivity index (χ1) is 12.2. The average Bonchev–Trinajstić information content (AvgIpc) is 3.09. The van der Waals surface area contributed by atoms with E-state index in [1.165, 1.54) is 0 Å². The highest BCUT2D eigenvalue weighted by Crippen LogP contribution is 2.27. The van der Waals surface area contributed by atoms with E-state index in [0.29, 0.717) is 11.3 Å². The Labute approximate surface area is 153 Å². The van der Waals surface area contributed by atoms with Gasteiger partial charge in [-0.3, -0.25) is 4.79 Å². The Morgan fingerprint density at radius 2 is 1.84 bits per heavy atom. The third-order valence-corrected chi connectivity index (χ3v) is 4.85. The van der Waals surface area contributed by atoms with E-state index in [-0.39, 0.29) is 5.91 Å². The second-order valence-corrected chi connectivity index (χ2v) is 6.72. The number of hydrogen-bond acceptors (Lipinski definition) is 4. The van der Waals surface area contributed by atoms with Crippen LogP contribution in [0.25, 0.3) is 11.0 Å². The first kappa shape index (κ1) is 16.2. The molecule has 2 aromatic carbocycles. The second kappa shape index (κ2) is 6.90. The maximum absolute atomic E-state index is 12.4. The van der Waals surface area contributed by atoms with E-state index in [2.05, 4.69) is 26.1 Å². The molecule has 0 saturated carbocycles. The number of hydrogen-bond donors (Lipinski definition) is 1. The van der Waals surface area contributed by atoms with Gasteiger partial charge in [0.2, 0.25) is 0 Å². The van der Waals surface area contributed by atoms with Crippen LogP contribution in [0.5, 0.6) is 0 Å². The molecule has 1 aliphatic rings. The fourth-order valence-electron chi connectivity index (χ4n) is 2.91. The van der Waals surface area contributed by atoms with Crippen molar-refractivity contribution in [2.75, 3.05) is 36.5 Å². The van der Waals surface area contributed by atoms with Crippen LogP contribution in [0.15, 0.2) is 57.4 Å². The number of amides is 1. The summed E-state index contributed by atoms with van der Waals surface area (Å²) in [4.78, 5) is 14.7. The van der Waals surface area contributed by atoms with Crippen molar-refractivity contribution in [2.24, 2.45) is 0 Å². The number of para-hydroxylation sites is 1. The summed E-state index contributed by atoms with van der Waals surface area (Å²) in [5.41, 5.74) is 2.55. The van der Waals surface area contributed by atoms with Crippen LogP contribution in [0.4, 0.5) is 11.4 Å². The molecular formula is C19H17BrN2O3. The van der Waals surface area contributed by atoms with Crippen LogP contribution in [0.2, 0.25) is 0 Å². The summed E-state index contributed by atoms with van der Waals surface area (Å²) in [6, 6.07) is 15.3. The topological polar surface area (TPSA) is 54.7 Å². The normalized spacial score (nSPS) is 14.7. The van der Waals surface area contributed by atoms with E-state index in [0.717, 1.165) is 47.5 Å². The van der Waals surface area contributed by atoms with Gasteiger partial charge in [0, 0.05) is 29.9 Å². The maximum Gasteiger partial charge on any atom is 0.291 e. The highest BCUT2D eigenvalue weighted by Gasteiger charge is 2.15. The van der Waals surface area contributed by atoms with Crippen molar-refractivity contribution in [3.05, 3.63) is 58.8 Å². The fourth-order valence-corrected chi connectivity index (χ4v) is 3.37. The Morgan fingerprint density at radius 3 is 2.56 bits per heavy atom. The van der Waals surface area contributed by atoms with Crippen molar-refractivity contribution in [3.8, 4) is 0 Å². The maximum atomic E-state index is 12.4. The van der Waals surface area contributed by atoms with E-state index in [1.54, 1.807) is 6.07 Å². The van der Waals surface area contributed by atoms with Gasteiger partial charge in [-0.25, -0.2) is 0 Å². The molecular weight excluding hydrogens is 384 g/mol. The zero-order chi connectivity index (χ0) is 17.2. The highest BCUT2D eigenvalue weighted by atomic mass is 79.9. The number of rotatable bonds is 3. The molecule has 1 N–H and O–H groups in total. The molecule has 5 nitrogen and oxygen atoms in total. The van der Waals surface area contributed by atoms with Crippen molar-refractivity contribution < 1.29 is 13.9 Å². The van der Waals surface area contributed by atoms with Gasteiger partial charge >= 0.3 is 0 Å². The summed E-state index contributed by atoms with van der Waals surface area (Å²) in [5.74, 6) is 0.0291. The fraction of sp³-hybridized carbons (Fsp3) is 0.211. The van der Waals surface area contributed by atoms with E-state index in [4.69, 9.17) is 9.15 Å². The molecule has 0 atom stereocenters. The Bertz CT molecular complexity index is 899. The van der Waals surface area contributed by atoms with Crippen LogP contribution in [0.3, 0.4) is 0 Å². The lowest BCUT2D eigenvalue weighted by Crippen LogP contribution is -2.36. The lowest BCUT2D eigenvalue weighted by Gasteiger charge is -2.28. The summed E-state index contributed by atoms with van der Waals surface area (Å²) in [5, 5.41) is 3.77. The minimum absolute atomic E-state index is 0.262. The van der Waals surface area contributed by atoms with Crippen LogP contribution in [0, 0.1) is 0 Å². The van der Waals surface area contributed by atoms with Crippen LogP contribution in [-0.4, -0.2) is 32.2 Å². The minimum Gasteiger partial charge on any atom is -0.450 e. The Balaban J connectivity index is 1.49. The van der Waals surface area contributed by atoms with Crippen molar-refractivity contribution >= 4 is 44.2 Å². The molecule has 1 saturated heterocycles. The molecule has 3 aromatic rings. The molecule has 0 aliphatic carbocycles. The molecule has 6 heteroatoms. The number of morpholine rings is 1. The highest BCUT2D eigenvalue weighted by molar-refractivity contribution is 9.10. The smallest absolute Gasteiger partial charge is 0.291 e. The molecule has 2 heterocycles. The molecule has 0 radical (unpaired) electrons. The largest absolute Gasteiger partial charge is 0.450 e. The third kappa shape index (κ3) is 3.41. The molecule has 25 heavy (non-hydrogen) atoms. The number of nitrogens with zero attached hydrogens (tertiary/aromatic N) is 1. The molecule has 1 fully saturated rings. The number of halogens is 1. The van der Waals surface area contributed by atoms with Gasteiger partial charge in [0.15, 0.2) is 5.76 Å². The number of carbonyl (C=O) groups excluding carboxylic acids is 1. The van der Waals surface area contributed by atoms with Crippen molar-refractivity contribution in [1.82, 2.24) is 0 Å². The van der Waals surface area contributed by atoms with Crippen LogP contribution in [0.1, 0.15) is 10.6 Å². The number of nitrogens with one attached hydrogen (secondary N) is 1. The van der Waals surface area contributed by atoms with Crippen molar-refractivity contribution in [2.45, 2.75) is 0 Å². The Morgan fingerprint density at radius 1 is 1.08 bits per heavy atom. The summed E-state index contributed by atoms with van der Waals surface area (Å²) < 4.78 is 11.9. The first-order valence-corrected chi connectivity index (χ1v) is 8.92. The van der Waals surface area contributed by atoms with Gasteiger partial charge in [-0.1, -0.05) is 12.1 Å². The van der Waals surface area contributed by atoms with Gasteiger partial charge in [0.25, 0.3) is 5.91 Å². The summed E-state index contributed by atoms with van der Waals surface area (Å²) in [6.45, 7) is 3.28. The van der Waals surface area contributed by atoms with Gasteiger partial charge in [0.1, 0.15) is 5.58 Å². The van der Waals surface area contributed by atoms with E-state index < -0.39 is 0 Å². The van der Waals surface area contributed by atoms with Gasteiger partial charge in [-0.15, -0.1) is 0 Å². The number of ether oxygens (including phenoxy) is 1. The number of benzene rings is 2. The molecule has 0 bridgehead atoms. The second-order valence-electron chi connectivity index (χ2n) is 5.87. The van der Waals surface area contributed by atoms with Crippen LogP contribution in [-0.2, 0) is 4.74 Å². The Hall–Kier alpha value is -2.31. The number of fused-ring (bicyclic) bond motifs is 1. The summed E-state index contributed by atoms with van der Waals surface area (Å²) >= 11 is 3.43. The zero-order valence-corrected chi connectivity index (χ0v) is 15.1. The average molecular weight is 401 g/mol. The molecule has 1 amide bonds. The standard InChI is InChI=1S/C19H17BrN2O3/c20-16-3-1-2-13-12-17(25-18(13)16)19(23)21-14-4-6-15(7-5-14)22-8-10-24-11-9-22/h1-7,12H,8-11H2,(H,21,23). The lowest BCUT2D eigenvalue weighted by molar-refractivity contribution is 0.0998. The predicted molar refractivity (Wildman–Crippen MR) is 101 cm³/mol. The first-order valence-electron chi connectivity index (χ1n) is 8.13. The molecule has 128 valence electrons. The van der Waals surface area contributed by atoms with Gasteiger partial charge in [-0.05, 0) is 52.3 Å². The van der Waals surface area contributed by atoms with E-state index in [9.17, 15) is 4.79 Å². The van der Waals surface area contributed by atoms with Gasteiger partial charge < -0.3 is 19.4 Å². The molecule has 1 aliphatic heterocycles. The van der Waals surface area contributed by atoms with Crippen molar-refractivity contribution in [3.63, 3.8) is 0 Å². The third-order valence-electron chi connectivity index (χ3n) is 4.22. The predicted octanol–water partition coefficient (Wildman–Crippen LogP) is 4.28. The minimum atomic E-state index is -0.262.